The Labute approximate surface area is 693 Å². The quantitative estimate of drug-likeness (QED) is 0.0310. The van der Waals surface area contributed by atoms with Crippen LogP contribution in [0.2, 0.25) is 40.2 Å². The summed E-state index contributed by atoms with van der Waals surface area (Å²) < 4.78 is 382. The molecule has 0 fully saturated rings. The minimum absolute atomic E-state index is 0. The van der Waals surface area contributed by atoms with Gasteiger partial charge in [0.1, 0.15) is 0 Å². The van der Waals surface area contributed by atoms with Gasteiger partial charge in [-0.3, -0.25) is 52.7 Å². The van der Waals surface area contributed by atoms with Crippen molar-refractivity contribution in [2.24, 2.45) is 0 Å². The largest absolute Gasteiger partial charge is 5.00 e. The van der Waals surface area contributed by atoms with Crippen LogP contribution in [0.15, 0.2) is 0 Å². The minimum atomic E-state index is -2.17. The number of alkyl halides is 2. The van der Waals surface area contributed by atoms with Gasteiger partial charge in [-0.15, -0.1) is 59.6 Å². The number of benzene rings is 8. The monoisotopic (exact) mass is 2080 g/mol. The first-order valence-electron chi connectivity index (χ1n) is 27.0. The maximum Gasteiger partial charge on any atom is 5.00 e. The molecule has 8 rings (SSSR count). The molecule has 6 nitrogen and oxygen atoms in total. The molecular formula is C61H32Cl10F30O6P2Sb2. The molecule has 0 bridgehead atoms. The van der Waals surface area contributed by atoms with Crippen molar-refractivity contribution >= 4 is 179 Å². The maximum absolute atomic E-state index is 12.0. The third-order valence-corrected chi connectivity index (χ3v) is 22.2. The summed E-state index contributed by atoms with van der Waals surface area (Å²) in [4.78, 5) is 0. The van der Waals surface area contributed by atoms with Gasteiger partial charge in [-0.05, 0) is 37.0 Å². The summed E-state index contributed by atoms with van der Waals surface area (Å²) in [7, 11) is -3.32. The third kappa shape index (κ3) is 34.5. The fourth-order valence-electron chi connectivity index (χ4n) is 5.50. The first-order valence-corrected chi connectivity index (χ1v) is 35.7. The fourth-order valence-corrected chi connectivity index (χ4v) is 9.81. The van der Waals surface area contributed by atoms with Crippen molar-refractivity contribution in [3.05, 3.63) is 251 Å². The predicted octanol–water partition coefficient (Wildman–Crippen LogP) is 23.5. The second kappa shape index (κ2) is 54.0. The van der Waals surface area contributed by atoms with Gasteiger partial charge in [0.15, 0.2) is 0 Å². The number of hydrogen-bond donors (Lipinski definition) is 0. The van der Waals surface area contributed by atoms with Crippen LogP contribution in [0.25, 0.3) is 0 Å². The molecule has 0 aliphatic heterocycles. The summed E-state index contributed by atoms with van der Waals surface area (Å²) in [6, 6.07) is 6.15. The van der Waals surface area contributed by atoms with Crippen LogP contribution < -0.4 is 20.4 Å². The van der Waals surface area contributed by atoms with Crippen LogP contribution in [-0.4, -0.2) is 91.2 Å². The van der Waals surface area contributed by atoms with Gasteiger partial charge >= 0.3 is 48.9 Å². The van der Waals surface area contributed by atoms with Crippen LogP contribution in [0.5, 0.6) is 23.0 Å². The standard InChI is InChI=1S/2C6H2Cl4O2.6C6F5.2C6H15OP.CH2Cl2.2Sb/c2*7-1-2(8)4(10)6(12)5(11)3(1)9;6*7-2-1-3(8)5(10)6(11)4(2)9;2*1-4-8(7,5-2)6-3;2-1-3;;/h2*11-12H;;;;;;;2*4-6H2,1-3H3;1H2;;/q;;6*-1;;;;2*+5/p-4. The number of hydrogen-bond acceptors (Lipinski definition) is 6. The Morgan fingerprint density at radius 2 is 0.297 bits per heavy atom. The molecule has 0 aliphatic carbocycles. The molecule has 0 unspecified atom stereocenters. The summed E-state index contributed by atoms with van der Waals surface area (Å²) in [6.07, 6.45) is 5.25. The van der Waals surface area contributed by atoms with E-state index in [4.69, 9.17) is 116 Å². The summed E-state index contributed by atoms with van der Waals surface area (Å²) in [5.74, 6) is -64.0. The van der Waals surface area contributed by atoms with Crippen LogP contribution in [-0.2, 0) is 9.13 Å². The molecule has 8 aromatic rings. The number of rotatable bonds is 6. The maximum atomic E-state index is 12.0. The van der Waals surface area contributed by atoms with Crippen LogP contribution in [0.4, 0.5) is 132 Å². The van der Waals surface area contributed by atoms with Gasteiger partial charge in [0, 0.05) is 0 Å². The van der Waals surface area contributed by atoms with Crippen molar-refractivity contribution in [1.82, 2.24) is 0 Å². The fraction of sp³-hybridized carbons (Fsp3) is 0.213. The average molecular weight is 2090 g/mol. The Balaban J connectivity index is -0.000000373. The molecule has 0 aromatic heterocycles. The van der Waals surface area contributed by atoms with Crippen molar-refractivity contribution in [2.75, 3.05) is 42.3 Å². The van der Waals surface area contributed by atoms with Crippen molar-refractivity contribution in [3.8, 4) is 23.0 Å². The molecule has 0 heterocycles. The first kappa shape index (κ1) is 115. The second-order valence-electron chi connectivity index (χ2n) is 18.1. The van der Waals surface area contributed by atoms with Crippen molar-refractivity contribution in [3.63, 3.8) is 0 Å². The molecule has 0 radical (unpaired) electrons. The SMILES string of the molecule is CCP(=O)(CC)CC.CCP(=O)(CC)CC.ClCCl.Fc1[c-]c(F)c(F)c(F)c1F.Fc1[c-]c(F)c(F)c(F)c1F.Fc1[c-]c(F)c(F)c(F)c1F.Fc1[c-]c(F)c(F)c(F)c1F.Fc1[c-]c(F)c(F)c(F)c1F.Fc1[c-]c(F)c(F)c(F)c1F.[O-]c1c([O-])c(Cl)c(Cl)c(Cl)c1Cl.[O-]c1c([O-])c(Cl)c(Cl)c(Cl)c1Cl.[Sb+5].[Sb+5]. The number of halogens is 40. The van der Waals surface area contributed by atoms with Gasteiger partial charge in [0.2, 0.25) is 0 Å². The molecule has 612 valence electrons. The van der Waals surface area contributed by atoms with E-state index in [-0.39, 0.29) is 74.3 Å². The van der Waals surface area contributed by atoms with Gasteiger partial charge in [-0.2, -0.15) is 0 Å². The minimum Gasteiger partial charge on any atom is -0.872 e. The molecule has 0 saturated carbocycles. The normalized spacial score (nSPS) is 10.2. The van der Waals surface area contributed by atoms with E-state index in [1.807, 2.05) is 41.5 Å². The van der Waals surface area contributed by atoms with Crippen molar-refractivity contribution < 1.29 is 161 Å². The van der Waals surface area contributed by atoms with Crippen LogP contribution >= 0.6 is 130 Å². The van der Waals surface area contributed by atoms with E-state index < -0.39 is 232 Å². The van der Waals surface area contributed by atoms with Crippen LogP contribution in [0, 0.1) is 211 Å². The average Bonchev–Trinajstić information content (AvgIpc) is 0.802. The zero-order chi connectivity index (χ0) is 86.4. The summed E-state index contributed by atoms with van der Waals surface area (Å²) in [5, 5.41) is 41.4. The van der Waals surface area contributed by atoms with E-state index in [1.54, 1.807) is 0 Å². The molecule has 0 atom stereocenters. The zero-order valence-electron chi connectivity index (χ0n) is 54.3. The summed E-state index contributed by atoms with van der Waals surface area (Å²) >= 11 is 52.9. The van der Waals surface area contributed by atoms with Crippen molar-refractivity contribution in [1.29, 1.82) is 0 Å². The Morgan fingerprint density at radius 3 is 0.360 bits per heavy atom. The van der Waals surface area contributed by atoms with E-state index >= 15 is 0 Å². The second-order valence-corrected chi connectivity index (χ2v) is 30.0. The van der Waals surface area contributed by atoms with Gasteiger partial charge in [-0.1, -0.05) is 157 Å². The van der Waals surface area contributed by atoms with Gasteiger partial charge in [-0.25, -0.2) is 79.0 Å². The molecule has 0 amide bonds. The summed E-state index contributed by atoms with van der Waals surface area (Å²) in [5.41, 5.74) is 0. The molecular weight excluding hydrogens is 2060 g/mol. The van der Waals surface area contributed by atoms with Gasteiger partial charge in [0.05, 0.1) is 234 Å². The Morgan fingerprint density at radius 1 is 0.216 bits per heavy atom. The van der Waals surface area contributed by atoms with Crippen molar-refractivity contribution in [2.45, 2.75) is 41.5 Å². The van der Waals surface area contributed by atoms with Crippen LogP contribution in [0.3, 0.4) is 0 Å². The first-order chi connectivity index (χ1) is 49.9. The van der Waals surface area contributed by atoms with Gasteiger partial charge < -0.3 is 29.6 Å². The van der Waals surface area contributed by atoms with E-state index in [0.29, 0.717) is 0 Å². The molecule has 0 saturated heterocycles. The molecule has 8 aromatic carbocycles. The third-order valence-electron chi connectivity index (χ3n) is 11.8. The molecule has 0 spiro atoms. The van der Waals surface area contributed by atoms with E-state index in [2.05, 4.69) is 0 Å². The zero-order valence-corrected chi connectivity index (χ0v) is 68.8. The van der Waals surface area contributed by atoms with Crippen LogP contribution in [0.1, 0.15) is 41.5 Å². The Kier molecular flexibility index (Phi) is 56.1. The molecule has 50 heteroatoms. The smallest absolute Gasteiger partial charge is 0.872 e. The molecule has 0 N–H and O–H groups in total. The topological polar surface area (TPSA) is 126 Å². The molecule has 111 heavy (non-hydrogen) atoms. The summed E-state index contributed by atoms with van der Waals surface area (Å²) in [6.45, 7) is 12.0. The van der Waals surface area contributed by atoms with E-state index in [0.717, 1.165) is 73.4 Å². The molecule has 0 aliphatic rings. The van der Waals surface area contributed by atoms with E-state index in [9.17, 15) is 161 Å². The predicted molar refractivity (Wildman–Crippen MR) is 348 cm³/mol. The van der Waals surface area contributed by atoms with E-state index in [1.165, 1.54) is 0 Å². The van der Waals surface area contributed by atoms with Gasteiger partial charge in [0.25, 0.3) is 0 Å². The Bertz CT molecular complexity index is 3560. The Hall–Kier alpha value is -4.14.